The molecule has 0 radical (unpaired) electrons. The summed E-state index contributed by atoms with van der Waals surface area (Å²) in [7, 11) is 1.82. The van der Waals surface area contributed by atoms with Crippen molar-refractivity contribution in [2.45, 2.75) is 31.4 Å². The number of benzene rings is 1. The molecule has 102 valence electrons. The Hall–Kier alpha value is -1.39. The topological polar surface area (TPSA) is 52.6 Å². The van der Waals surface area contributed by atoms with Gasteiger partial charge in [0.05, 0.1) is 6.10 Å². The standard InChI is InChI=1S/C15H20N2O2/c1-17-13-5-3-2-4-11(13)12(8-15(17)19)16-9-14(18)10-6-7-10/h2-5,10,12,14,16,18H,6-9H2,1H3. The fourth-order valence-electron chi connectivity index (χ4n) is 2.74. The van der Waals surface area contributed by atoms with Crippen LogP contribution in [0.15, 0.2) is 24.3 Å². The number of carbonyl (C=O) groups is 1. The summed E-state index contributed by atoms with van der Waals surface area (Å²) in [4.78, 5) is 13.7. The van der Waals surface area contributed by atoms with Crippen LogP contribution < -0.4 is 10.2 Å². The summed E-state index contributed by atoms with van der Waals surface area (Å²) in [5, 5.41) is 13.3. The molecule has 1 fully saturated rings. The van der Waals surface area contributed by atoms with Gasteiger partial charge in [-0.2, -0.15) is 0 Å². The predicted octanol–water partition coefficient (Wildman–Crippen LogP) is 1.45. The third-order valence-electron chi connectivity index (χ3n) is 4.17. The lowest BCUT2D eigenvalue weighted by Crippen LogP contribution is -2.40. The Bertz CT molecular complexity index is 485. The van der Waals surface area contributed by atoms with E-state index in [1.807, 2.05) is 25.2 Å². The lowest BCUT2D eigenvalue weighted by atomic mass is 9.96. The largest absolute Gasteiger partial charge is 0.392 e. The smallest absolute Gasteiger partial charge is 0.228 e. The maximum absolute atomic E-state index is 12.0. The summed E-state index contributed by atoms with van der Waals surface area (Å²) >= 11 is 0. The molecule has 0 spiro atoms. The lowest BCUT2D eigenvalue weighted by molar-refractivity contribution is -0.119. The quantitative estimate of drug-likeness (QED) is 0.861. The third-order valence-corrected chi connectivity index (χ3v) is 4.17. The van der Waals surface area contributed by atoms with Crippen molar-refractivity contribution in [3.63, 3.8) is 0 Å². The second kappa shape index (κ2) is 4.94. The summed E-state index contributed by atoms with van der Waals surface area (Å²) in [6.07, 6.45) is 2.45. The van der Waals surface area contributed by atoms with Gasteiger partial charge in [-0.1, -0.05) is 18.2 Å². The van der Waals surface area contributed by atoms with Crippen LogP contribution in [-0.2, 0) is 4.79 Å². The molecule has 4 nitrogen and oxygen atoms in total. The van der Waals surface area contributed by atoms with Crippen molar-refractivity contribution < 1.29 is 9.90 Å². The first-order valence-corrected chi connectivity index (χ1v) is 6.93. The van der Waals surface area contributed by atoms with E-state index < -0.39 is 0 Å². The van der Waals surface area contributed by atoms with Crippen molar-refractivity contribution in [3.05, 3.63) is 29.8 Å². The van der Waals surface area contributed by atoms with Crippen LogP contribution in [0.25, 0.3) is 0 Å². The van der Waals surface area contributed by atoms with E-state index in [2.05, 4.69) is 11.4 Å². The summed E-state index contributed by atoms with van der Waals surface area (Å²) in [6, 6.07) is 7.99. The molecule has 1 aliphatic carbocycles. The molecular weight excluding hydrogens is 240 g/mol. The van der Waals surface area contributed by atoms with Crippen molar-refractivity contribution >= 4 is 11.6 Å². The number of rotatable bonds is 4. The van der Waals surface area contributed by atoms with Gasteiger partial charge in [-0.05, 0) is 30.4 Å². The van der Waals surface area contributed by atoms with Gasteiger partial charge in [-0.15, -0.1) is 0 Å². The third kappa shape index (κ3) is 2.51. The molecule has 4 heteroatoms. The second-order valence-corrected chi connectivity index (χ2v) is 5.58. The van der Waals surface area contributed by atoms with Crippen LogP contribution in [0.3, 0.4) is 0 Å². The maximum atomic E-state index is 12.0. The van der Waals surface area contributed by atoms with Gasteiger partial charge < -0.3 is 15.3 Å². The lowest BCUT2D eigenvalue weighted by Gasteiger charge is -2.32. The minimum atomic E-state index is -0.276. The zero-order valence-electron chi connectivity index (χ0n) is 11.2. The Balaban J connectivity index is 1.74. The molecule has 2 unspecified atom stereocenters. The van der Waals surface area contributed by atoms with E-state index in [1.165, 1.54) is 0 Å². The van der Waals surface area contributed by atoms with Gasteiger partial charge in [0.25, 0.3) is 0 Å². The minimum absolute atomic E-state index is 0.0216. The number of nitrogens with one attached hydrogen (secondary N) is 1. The zero-order chi connectivity index (χ0) is 13.4. The first kappa shape index (κ1) is 12.6. The molecule has 0 aromatic heterocycles. The first-order valence-electron chi connectivity index (χ1n) is 6.93. The molecule has 1 aliphatic heterocycles. The molecule has 2 N–H and O–H groups in total. The van der Waals surface area contributed by atoms with Gasteiger partial charge in [0.2, 0.25) is 5.91 Å². The Morgan fingerprint density at radius 3 is 2.89 bits per heavy atom. The summed E-state index contributed by atoms with van der Waals surface area (Å²) in [6.45, 7) is 0.570. The molecule has 0 saturated heterocycles. The molecule has 2 atom stereocenters. The van der Waals surface area contributed by atoms with E-state index in [0.717, 1.165) is 24.1 Å². The molecule has 3 rings (SSSR count). The highest BCUT2D eigenvalue weighted by molar-refractivity contribution is 5.96. The number of para-hydroxylation sites is 1. The maximum Gasteiger partial charge on any atom is 0.228 e. The van der Waals surface area contributed by atoms with Crippen molar-refractivity contribution in [1.82, 2.24) is 5.32 Å². The Morgan fingerprint density at radius 2 is 2.16 bits per heavy atom. The summed E-state index contributed by atoms with van der Waals surface area (Å²) in [5.41, 5.74) is 2.12. The average Bonchev–Trinajstić information content (AvgIpc) is 3.25. The average molecular weight is 260 g/mol. The number of hydrogen-bond acceptors (Lipinski definition) is 3. The van der Waals surface area contributed by atoms with Gasteiger partial charge in [0, 0.05) is 31.7 Å². The predicted molar refractivity (Wildman–Crippen MR) is 73.9 cm³/mol. The number of anilines is 1. The van der Waals surface area contributed by atoms with Crippen molar-refractivity contribution in [1.29, 1.82) is 0 Å². The molecule has 1 aromatic carbocycles. The van der Waals surface area contributed by atoms with Crippen molar-refractivity contribution in [3.8, 4) is 0 Å². The Morgan fingerprint density at radius 1 is 1.42 bits per heavy atom. The van der Waals surface area contributed by atoms with Crippen molar-refractivity contribution in [2.24, 2.45) is 5.92 Å². The van der Waals surface area contributed by atoms with Gasteiger partial charge >= 0.3 is 0 Å². The Labute approximate surface area is 113 Å². The minimum Gasteiger partial charge on any atom is -0.392 e. The van der Waals surface area contributed by atoms with E-state index >= 15 is 0 Å². The number of nitrogens with zero attached hydrogens (tertiary/aromatic N) is 1. The van der Waals surface area contributed by atoms with Crippen LogP contribution in [0.5, 0.6) is 0 Å². The van der Waals surface area contributed by atoms with E-state index in [4.69, 9.17) is 0 Å². The van der Waals surface area contributed by atoms with Crippen LogP contribution in [0.4, 0.5) is 5.69 Å². The second-order valence-electron chi connectivity index (χ2n) is 5.58. The van der Waals surface area contributed by atoms with Crippen LogP contribution in [-0.4, -0.2) is 30.7 Å². The van der Waals surface area contributed by atoms with Crippen molar-refractivity contribution in [2.75, 3.05) is 18.5 Å². The van der Waals surface area contributed by atoms with Gasteiger partial charge in [-0.25, -0.2) is 0 Å². The number of aliphatic hydroxyl groups excluding tert-OH is 1. The highest BCUT2D eigenvalue weighted by Crippen LogP contribution is 2.35. The first-order chi connectivity index (χ1) is 9.16. The molecule has 19 heavy (non-hydrogen) atoms. The van der Waals surface area contributed by atoms with E-state index in [9.17, 15) is 9.90 Å². The summed E-state index contributed by atoms with van der Waals surface area (Å²) in [5.74, 6) is 0.585. The Kier molecular flexibility index (Phi) is 3.29. The molecule has 1 heterocycles. The molecule has 1 amide bonds. The van der Waals surface area contributed by atoms with Crippen LogP contribution in [0.1, 0.15) is 30.9 Å². The van der Waals surface area contributed by atoms with E-state index in [0.29, 0.717) is 18.9 Å². The fourth-order valence-corrected chi connectivity index (χ4v) is 2.74. The normalized spacial score (nSPS) is 24.2. The molecular formula is C15H20N2O2. The van der Waals surface area contributed by atoms with Gasteiger partial charge in [0.15, 0.2) is 0 Å². The number of fused-ring (bicyclic) bond motifs is 1. The van der Waals surface area contributed by atoms with E-state index in [-0.39, 0.29) is 18.1 Å². The van der Waals surface area contributed by atoms with Crippen LogP contribution in [0, 0.1) is 5.92 Å². The van der Waals surface area contributed by atoms with Crippen LogP contribution >= 0.6 is 0 Å². The number of aliphatic hydroxyl groups is 1. The molecule has 1 aromatic rings. The number of amides is 1. The molecule has 1 saturated carbocycles. The summed E-state index contributed by atoms with van der Waals surface area (Å²) < 4.78 is 0. The van der Waals surface area contributed by atoms with Crippen LogP contribution in [0.2, 0.25) is 0 Å². The number of carbonyl (C=O) groups excluding carboxylic acids is 1. The molecule has 0 bridgehead atoms. The monoisotopic (exact) mass is 260 g/mol. The number of hydrogen-bond donors (Lipinski definition) is 2. The molecule has 2 aliphatic rings. The SMILES string of the molecule is CN1C(=O)CC(NCC(O)C2CC2)c2ccccc21. The van der Waals surface area contributed by atoms with E-state index in [1.54, 1.807) is 4.90 Å². The zero-order valence-corrected chi connectivity index (χ0v) is 11.2. The highest BCUT2D eigenvalue weighted by Gasteiger charge is 2.32. The van der Waals surface area contributed by atoms with Gasteiger partial charge in [-0.3, -0.25) is 4.79 Å². The fraction of sp³-hybridized carbons (Fsp3) is 0.533. The highest BCUT2D eigenvalue weighted by atomic mass is 16.3. The van der Waals surface area contributed by atoms with Gasteiger partial charge in [0.1, 0.15) is 0 Å².